The molecule has 3 amide bonds. The summed E-state index contributed by atoms with van der Waals surface area (Å²) in [6.07, 6.45) is 5.83. The molecule has 3 aliphatic rings. The molecule has 1 aromatic heterocycles. The molecule has 0 aliphatic carbocycles. The van der Waals surface area contributed by atoms with Gasteiger partial charge in [-0.2, -0.15) is 0 Å². The van der Waals surface area contributed by atoms with E-state index in [1.807, 2.05) is 18.2 Å². The molecule has 166 valence electrons. The number of piperidine rings is 2. The highest BCUT2D eigenvalue weighted by atomic mass is 16.2. The molecule has 0 saturated carbocycles. The number of carbonyl (C=O) groups excluding carboxylic acids is 3. The minimum absolute atomic E-state index is 0.169. The van der Waals surface area contributed by atoms with Crippen molar-refractivity contribution in [1.29, 1.82) is 0 Å². The second-order valence-electron chi connectivity index (χ2n) is 8.50. The average molecular weight is 435 g/mol. The van der Waals surface area contributed by atoms with Gasteiger partial charge in [-0.3, -0.25) is 19.7 Å². The first-order chi connectivity index (χ1) is 15.6. The molecule has 0 spiro atoms. The largest absolute Gasteiger partial charge is 0.350 e. The molecule has 3 aliphatic heterocycles. The molecule has 0 bridgehead atoms. The highest BCUT2D eigenvalue weighted by Gasteiger charge is 2.39. The van der Waals surface area contributed by atoms with E-state index in [2.05, 4.69) is 25.9 Å². The van der Waals surface area contributed by atoms with E-state index in [1.165, 1.54) is 12.8 Å². The second-order valence-corrected chi connectivity index (χ2v) is 8.50. The molecular weight excluding hydrogens is 408 g/mol. The van der Waals surface area contributed by atoms with Gasteiger partial charge in [0.05, 0.1) is 5.69 Å². The van der Waals surface area contributed by atoms with E-state index in [4.69, 9.17) is 0 Å². The van der Waals surface area contributed by atoms with Gasteiger partial charge in [-0.25, -0.2) is 9.97 Å². The number of benzene rings is 1. The summed E-state index contributed by atoms with van der Waals surface area (Å²) in [6, 6.07) is 7.21. The van der Waals surface area contributed by atoms with E-state index in [0.29, 0.717) is 31.0 Å². The molecule has 1 aromatic carbocycles. The number of rotatable bonds is 5. The fourth-order valence-electron chi connectivity index (χ4n) is 4.75. The van der Waals surface area contributed by atoms with E-state index in [-0.39, 0.29) is 24.3 Å². The lowest BCUT2D eigenvalue weighted by Gasteiger charge is -2.29. The lowest BCUT2D eigenvalue weighted by Crippen LogP contribution is -2.52. The maximum atomic E-state index is 13.0. The number of fused-ring (bicyclic) bond motifs is 1. The second kappa shape index (κ2) is 8.66. The Morgan fingerprint density at radius 1 is 1.12 bits per heavy atom. The maximum absolute atomic E-state index is 13.0. The van der Waals surface area contributed by atoms with Crippen LogP contribution in [0.3, 0.4) is 0 Å². The van der Waals surface area contributed by atoms with Crippen LogP contribution in [0.4, 0.5) is 5.95 Å². The van der Waals surface area contributed by atoms with Gasteiger partial charge in [0.2, 0.25) is 17.8 Å². The van der Waals surface area contributed by atoms with Crippen LogP contribution < -0.4 is 16.0 Å². The predicted octanol–water partition coefficient (Wildman–Crippen LogP) is 1.66. The van der Waals surface area contributed by atoms with Crippen LogP contribution in [0.5, 0.6) is 0 Å². The van der Waals surface area contributed by atoms with Crippen LogP contribution in [0.1, 0.15) is 65.3 Å². The Hall–Kier alpha value is -3.33. The Morgan fingerprint density at radius 3 is 2.84 bits per heavy atom. The summed E-state index contributed by atoms with van der Waals surface area (Å²) in [5.74, 6) is -0.300. The molecule has 2 fully saturated rings. The van der Waals surface area contributed by atoms with Crippen LogP contribution in [0.15, 0.2) is 30.5 Å². The molecule has 5 rings (SSSR count). The Labute approximate surface area is 186 Å². The molecule has 32 heavy (non-hydrogen) atoms. The van der Waals surface area contributed by atoms with E-state index in [1.54, 1.807) is 17.2 Å². The molecule has 2 atom stereocenters. The van der Waals surface area contributed by atoms with Crippen LogP contribution in [0.25, 0.3) is 0 Å². The quantitative estimate of drug-likeness (QED) is 0.613. The Balaban J connectivity index is 1.30. The number of hydrogen-bond donors (Lipinski definition) is 3. The summed E-state index contributed by atoms with van der Waals surface area (Å²) < 4.78 is 0. The third-order valence-electron chi connectivity index (χ3n) is 6.46. The lowest BCUT2D eigenvalue weighted by atomic mass is 10.0. The molecule has 3 N–H and O–H groups in total. The van der Waals surface area contributed by atoms with Crippen molar-refractivity contribution in [1.82, 2.24) is 25.5 Å². The standard InChI is InChI=1S/C23H26N6O3/c30-20-8-7-19(21(31)28-20)29-13-16-14(4-3-5-15(16)22(29)32)12-26-23-25-11-9-18(27-23)17-6-1-2-10-24-17/h3-5,9,11,17,19,24H,1-2,6-8,10,12-13H2,(H,25,26,27)(H,28,30,31). The van der Waals surface area contributed by atoms with Crippen molar-refractivity contribution in [2.75, 3.05) is 11.9 Å². The minimum Gasteiger partial charge on any atom is -0.350 e. The van der Waals surface area contributed by atoms with E-state index in [0.717, 1.165) is 29.8 Å². The van der Waals surface area contributed by atoms with Gasteiger partial charge < -0.3 is 15.5 Å². The Bertz CT molecular complexity index is 1070. The van der Waals surface area contributed by atoms with Crippen LogP contribution >= 0.6 is 0 Å². The number of hydrogen-bond acceptors (Lipinski definition) is 7. The fourth-order valence-corrected chi connectivity index (χ4v) is 4.75. The lowest BCUT2D eigenvalue weighted by molar-refractivity contribution is -0.136. The first-order valence-electron chi connectivity index (χ1n) is 11.2. The number of carbonyl (C=O) groups is 3. The van der Waals surface area contributed by atoms with Crippen molar-refractivity contribution >= 4 is 23.7 Å². The van der Waals surface area contributed by atoms with Crippen molar-refractivity contribution < 1.29 is 14.4 Å². The maximum Gasteiger partial charge on any atom is 0.255 e. The monoisotopic (exact) mass is 434 g/mol. The van der Waals surface area contributed by atoms with Crippen molar-refractivity contribution in [2.24, 2.45) is 0 Å². The highest BCUT2D eigenvalue weighted by Crippen LogP contribution is 2.30. The van der Waals surface area contributed by atoms with Crippen LogP contribution in [-0.4, -0.2) is 45.2 Å². The summed E-state index contributed by atoms with van der Waals surface area (Å²) in [4.78, 5) is 47.3. The third kappa shape index (κ3) is 3.95. The van der Waals surface area contributed by atoms with Crippen LogP contribution in [0, 0.1) is 0 Å². The summed E-state index contributed by atoms with van der Waals surface area (Å²) in [5.41, 5.74) is 3.46. The van der Waals surface area contributed by atoms with Gasteiger partial charge in [-0.1, -0.05) is 18.6 Å². The van der Waals surface area contributed by atoms with Gasteiger partial charge in [0.1, 0.15) is 6.04 Å². The number of anilines is 1. The van der Waals surface area contributed by atoms with Gasteiger partial charge in [0.15, 0.2) is 0 Å². The van der Waals surface area contributed by atoms with Gasteiger partial charge in [0, 0.05) is 37.3 Å². The third-order valence-corrected chi connectivity index (χ3v) is 6.46. The summed E-state index contributed by atoms with van der Waals surface area (Å²) in [5, 5.41) is 9.13. The fraction of sp³-hybridized carbons (Fsp3) is 0.435. The highest BCUT2D eigenvalue weighted by molar-refractivity contribution is 6.05. The smallest absolute Gasteiger partial charge is 0.255 e. The molecule has 2 saturated heterocycles. The van der Waals surface area contributed by atoms with Crippen molar-refractivity contribution in [3.63, 3.8) is 0 Å². The minimum atomic E-state index is -0.614. The average Bonchev–Trinajstić information content (AvgIpc) is 3.15. The summed E-state index contributed by atoms with van der Waals surface area (Å²) in [7, 11) is 0. The zero-order chi connectivity index (χ0) is 22.1. The predicted molar refractivity (Wildman–Crippen MR) is 116 cm³/mol. The number of nitrogens with zero attached hydrogens (tertiary/aromatic N) is 3. The normalized spacial score (nSPS) is 23.1. The zero-order valence-electron chi connectivity index (χ0n) is 17.8. The molecule has 9 nitrogen and oxygen atoms in total. The molecular formula is C23H26N6O3. The Kier molecular flexibility index (Phi) is 5.57. The van der Waals surface area contributed by atoms with Crippen molar-refractivity contribution in [3.05, 3.63) is 52.8 Å². The van der Waals surface area contributed by atoms with Gasteiger partial charge in [-0.15, -0.1) is 0 Å². The van der Waals surface area contributed by atoms with Gasteiger partial charge >= 0.3 is 0 Å². The SMILES string of the molecule is O=C1CCC(N2Cc3c(CNc4nccc(C5CCCCN5)n4)cccc3C2=O)C(=O)N1. The molecule has 2 unspecified atom stereocenters. The number of nitrogens with one attached hydrogen (secondary N) is 3. The summed E-state index contributed by atoms with van der Waals surface area (Å²) in [6.45, 7) is 1.83. The first-order valence-corrected chi connectivity index (χ1v) is 11.2. The first kappa shape index (κ1) is 20.6. The van der Waals surface area contributed by atoms with E-state index in [9.17, 15) is 14.4 Å². The zero-order valence-corrected chi connectivity index (χ0v) is 17.8. The van der Waals surface area contributed by atoms with E-state index < -0.39 is 11.9 Å². The number of imide groups is 1. The molecule has 9 heteroatoms. The Morgan fingerprint density at radius 2 is 2.03 bits per heavy atom. The molecule has 2 aromatic rings. The van der Waals surface area contributed by atoms with Crippen molar-refractivity contribution in [2.45, 2.75) is 57.3 Å². The number of aromatic nitrogens is 2. The molecule has 4 heterocycles. The van der Waals surface area contributed by atoms with Crippen molar-refractivity contribution in [3.8, 4) is 0 Å². The van der Waals surface area contributed by atoms with Gasteiger partial charge in [-0.05, 0) is 49.1 Å². The van der Waals surface area contributed by atoms with Crippen LogP contribution in [0.2, 0.25) is 0 Å². The number of amides is 3. The summed E-state index contributed by atoms with van der Waals surface area (Å²) >= 11 is 0. The van der Waals surface area contributed by atoms with Gasteiger partial charge in [0.25, 0.3) is 5.91 Å². The van der Waals surface area contributed by atoms with Crippen LogP contribution in [-0.2, 0) is 22.7 Å². The van der Waals surface area contributed by atoms with E-state index >= 15 is 0 Å². The topological polar surface area (TPSA) is 116 Å². The molecule has 0 radical (unpaired) electrons.